The lowest BCUT2D eigenvalue weighted by Crippen LogP contribution is -2.29. The molecule has 0 saturated heterocycles. The number of ether oxygens (including phenoxy) is 2. The molecular weight excluding hydrogens is 1100 g/mol. The molecule has 0 aromatic rings. The van der Waals surface area contributed by atoms with Crippen LogP contribution in [0, 0.1) is 0 Å². The minimum atomic E-state index is -4.40. The van der Waals surface area contributed by atoms with Crippen molar-refractivity contribution in [2.24, 2.45) is 5.73 Å². The highest BCUT2D eigenvalue weighted by molar-refractivity contribution is 7.47. The largest absolute Gasteiger partial charge is 0.472 e. The van der Waals surface area contributed by atoms with Crippen molar-refractivity contribution in [3.05, 3.63) is 146 Å². The van der Waals surface area contributed by atoms with Gasteiger partial charge in [-0.25, -0.2) is 4.57 Å². The molecule has 0 aromatic carbocycles. The van der Waals surface area contributed by atoms with Crippen LogP contribution in [-0.4, -0.2) is 49.3 Å². The summed E-state index contributed by atoms with van der Waals surface area (Å²) < 4.78 is 33.2. The zero-order valence-electron chi connectivity index (χ0n) is 55.7. The SMILES string of the molecule is CC/C=C\C/C=C\C/C=C\C/C=C\C/C=C\C/C=C\C/C=C\C/C=C\CCCCCCCCCCCCCCCCC(=O)OC(COC(=O)CCCCCCCCCCCCCCCC/C=C\C/C=C\C/C=C\C/C=C\CC)COP(=O)(O)OCCN. The Labute approximate surface area is 535 Å². The zero-order chi connectivity index (χ0) is 63.0. The van der Waals surface area contributed by atoms with Crippen molar-refractivity contribution in [2.45, 2.75) is 302 Å². The highest BCUT2D eigenvalue weighted by Gasteiger charge is 2.26. The number of nitrogens with two attached hydrogens (primary N) is 1. The van der Waals surface area contributed by atoms with Gasteiger partial charge in [-0.05, 0) is 116 Å². The Kier molecular flexibility index (Phi) is 67.6. The Morgan fingerprint density at radius 1 is 0.345 bits per heavy atom. The van der Waals surface area contributed by atoms with Gasteiger partial charge in [-0.15, -0.1) is 0 Å². The van der Waals surface area contributed by atoms with E-state index in [1.807, 2.05) is 0 Å². The lowest BCUT2D eigenvalue weighted by Gasteiger charge is -2.19. The van der Waals surface area contributed by atoms with E-state index in [0.29, 0.717) is 6.42 Å². The van der Waals surface area contributed by atoms with E-state index in [1.165, 1.54) is 148 Å². The van der Waals surface area contributed by atoms with Crippen LogP contribution in [0.2, 0.25) is 0 Å². The van der Waals surface area contributed by atoms with Gasteiger partial charge in [0.1, 0.15) is 6.61 Å². The molecule has 3 N–H and O–H groups in total. The molecule has 0 bridgehead atoms. The summed E-state index contributed by atoms with van der Waals surface area (Å²) in [6.07, 6.45) is 102. The van der Waals surface area contributed by atoms with Crippen LogP contribution in [0.3, 0.4) is 0 Å². The first-order chi connectivity index (χ1) is 42.8. The van der Waals surface area contributed by atoms with E-state index >= 15 is 0 Å². The molecule has 0 fully saturated rings. The Bertz CT molecular complexity index is 1940. The van der Waals surface area contributed by atoms with Gasteiger partial charge in [0, 0.05) is 19.4 Å². The third-order valence-electron chi connectivity index (χ3n) is 14.7. The van der Waals surface area contributed by atoms with Crippen molar-refractivity contribution in [1.82, 2.24) is 0 Å². The minimum absolute atomic E-state index is 0.0484. The average molecular weight is 1230 g/mol. The van der Waals surface area contributed by atoms with Crippen LogP contribution < -0.4 is 5.73 Å². The van der Waals surface area contributed by atoms with Gasteiger partial charge in [0.05, 0.1) is 13.2 Å². The maximum absolute atomic E-state index is 12.8. The second-order valence-corrected chi connectivity index (χ2v) is 24.4. The zero-order valence-corrected chi connectivity index (χ0v) is 56.6. The second-order valence-electron chi connectivity index (χ2n) is 23.0. The number of carbonyl (C=O) groups excluding carboxylic acids is 2. The summed E-state index contributed by atoms with van der Waals surface area (Å²) in [5.74, 6) is -0.828. The normalized spacial score (nSPS) is 13.8. The molecule has 0 aliphatic carbocycles. The standard InChI is InChI=1S/C77H130NO8P/c1-3-5-7-9-11-13-15-17-19-21-23-25-27-29-31-32-33-34-35-36-37-38-39-40-41-42-44-46-48-50-52-54-56-58-60-62-64-66-68-70-77(80)86-75(74-85-87(81,82)84-72-71-78)73-83-76(79)69-67-65-63-61-59-57-55-53-51-49-47-45-43-30-28-26-24-22-20-18-16-14-12-10-8-6-4-2/h5-8,11-14,17-20,23-26,29,31,33-34,36-37,39-40,75H,3-4,9-10,15-16,21-22,27-28,30,32,35,38,41-74,78H2,1-2H3,(H,81,82)/b7-5-,8-6-,13-11-,14-12-,19-17-,20-18-,25-23-,26-24-,31-29-,34-33-,37-36-,40-39-. The molecular formula is C77H130NO8P. The van der Waals surface area contributed by atoms with Crippen LogP contribution in [0.4, 0.5) is 0 Å². The molecule has 0 spiro atoms. The van der Waals surface area contributed by atoms with Crippen LogP contribution in [0.1, 0.15) is 296 Å². The lowest BCUT2D eigenvalue weighted by atomic mass is 10.0. The molecule has 2 atom stereocenters. The van der Waals surface area contributed by atoms with Gasteiger partial charge < -0.3 is 20.1 Å². The Morgan fingerprint density at radius 2 is 0.598 bits per heavy atom. The maximum atomic E-state index is 12.8. The summed E-state index contributed by atoms with van der Waals surface area (Å²) in [6, 6.07) is 0. The van der Waals surface area contributed by atoms with Crippen molar-refractivity contribution >= 4 is 19.8 Å². The fraction of sp³-hybridized carbons (Fsp3) is 0.662. The predicted octanol–water partition coefficient (Wildman–Crippen LogP) is 23.4. The number of esters is 2. The quantitative estimate of drug-likeness (QED) is 0.0264. The van der Waals surface area contributed by atoms with Crippen LogP contribution in [0.15, 0.2) is 146 Å². The third-order valence-corrected chi connectivity index (χ3v) is 15.7. The minimum Gasteiger partial charge on any atom is -0.462 e. The van der Waals surface area contributed by atoms with Crippen molar-refractivity contribution < 1.29 is 37.6 Å². The van der Waals surface area contributed by atoms with Crippen molar-refractivity contribution in [2.75, 3.05) is 26.4 Å². The summed E-state index contributed by atoms with van der Waals surface area (Å²) in [5, 5.41) is 0. The average Bonchev–Trinajstić information content (AvgIpc) is 3.64. The van der Waals surface area contributed by atoms with Crippen LogP contribution in [0.5, 0.6) is 0 Å². The number of phosphoric acid groups is 1. The number of allylic oxidation sites excluding steroid dienone is 24. The van der Waals surface area contributed by atoms with Gasteiger partial charge in [-0.1, -0.05) is 314 Å². The lowest BCUT2D eigenvalue weighted by molar-refractivity contribution is -0.161. The van der Waals surface area contributed by atoms with Crippen LogP contribution in [-0.2, 0) is 32.7 Å². The smallest absolute Gasteiger partial charge is 0.462 e. The molecule has 10 heteroatoms. The first-order valence-corrected chi connectivity index (χ1v) is 36.8. The highest BCUT2D eigenvalue weighted by Crippen LogP contribution is 2.43. The number of carbonyl (C=O) groups is 2. The molecule has 87 heavy (non-hydrogen) atoms. The topological polar surface area (TPSA) is 134 Å². The van der Waals surface area contributed by atoms with Crippen LogP contribution in [0.25, 0.3) is 0 Å². The van der Waals surface area contributed by atoms with Gasteiger partial charge in [-0.3, -0.25) is 18.6 Å². The van der Waals surface area contributed by atoms with Crippen LogP contribution >= 0.6 is 7.82 Å². The summed E-state index contributed by atoms with van der Waals surface area (Å²) >= 11 is 0. The van der Waals surface area contributed by atoms with Gasteiger partial charge in [0.25, 0.3) is 0 Å². The maximum Gasteiger partial charge on any atom is 0.472 e. The fourth-order valence-electron chi connectivity index (χ4n) is 9.59. The second kappa shape index (κ2) is 71.0. The number of hydrogen-bond acceptors (Lipinski definition) is 8. The van der Waals surface area contributed by atoms with Gasteiger partial charge >= 0.3 is 19.8 Å². The number of phosphoric ester groups is 1. The molecule has 2 unspecified atom stereocenters. The number of rotatable bonds is 65. The molecule has 0 aliphatic rings. The number of hydrogen-bond donors (Lipinski definition) is 2. The fourth-order valence-corrected chi connectivity index (χ4v) is 10.4. The van der Waals surface area contributed by atoms with E-state index in [4.69, 9.17) is 24.3 Å². The summed E-state index contributed by atoms with van der Waals surface area (Å²) in [5.41, 5.74) is 5.40. The Balaban J connectivity index is 3.90. The molecule has 0 aromatic heterocycles. The van der Waals surface area contributed by atoms with E-state index in [2.05, 4.69) is 160 Å². The first-order valence-electron chi connectivity index (χ1n) is 35.3. The van der Waals surface area contributed by atoms with E-state index in [-0.39, 0.29) is 38.6 Å². The van der Waals surface area contributed by atoms with E-state index in [1.54, 1.807) is 0 Å². The molecule has 0 rings (SSSR count). The molecule has 0 heterocycles. The van der Waals surface area contributed by atoms with Gasteiger partial charge in [-0.2, -0.15) is 0 Å². The highest BCUT2D eigenvalue weighted by atomic mass is 31.2. The Hall–Kier alpha value is -4.11. The summed E-state index contributed by atoms with van der Waals surface area (Å²) in [4.78, 5) is 35.4. The van der Waals surface area contributed by atoms with Crippen molar-refractivity contribution in [3.63, 3.8) is 0 Å². The summed E-state index contributed by atoms with van der Waals surface area (Å²) in [7, 11) is -4.40. The van der Waals surface area contributed by atoms with Gasteiger partial charge in [0.15, 0.2) is 6.10 Å². The first kappa shape index (κ1) is 82.9. The van der Waals surface area contributed by atoms with Gasteiger partial charge in [0.2, 0.25) is 0 Å². The molecule has 9 nitrogen and oxygen atoms in total. The molecule has 0 saturated carbocycles. The predicted molar refractivity (Wildman–Crippen MR) is 376 cm³/mol. The third kappa shape index (κ3) is 70.8. The molecule has 0 radical (unpaired) electrons. The Morgan fingerprint density at radius 3 is 0.885 bits per heavy atom. The number of unbranched alkanes of at least 4 members (excludes halogenated alkanes) is 28. The van der Waals surface area contributed by atoms with E-state index in [0.717, 1.165) is 116 Å². The van der Waals surface area contributed by atoms with Crippen molar-refractivity contribution in [3.8, 4) is 0 Å². The van der Waals surface area contributed by atoms with E-state index in [9.17, 15) is 19.0 Å². The molecule has 0 aliphatic heterocycles. The summed E-state index contributed by atoms with van der Waals surface area (Å²) in [6.45, 7) is 3.53. The molecule has 496 valence electrons. The van der Waals surface area contributed by atoms with E-state index < -0.39 is 26.5 Å². The monoisotopic (exact) mass is 1230 g/mol. The molecule has 0 amide bonds. The van der Waals surface area contributed by atoms with Crippen molar-refractivity contribution in [1.29, 1.82) is 0 Å².